The fourth-order valence-corrected chi connectivity index (χ4v) is 1.31. The van der Waals surface area contributed by atoms with Crippen LogP contribution >= 0.6 is 0 Å². The first-order valence-corrected chi connectivity index (χ1v) is 5.25. The number of rotatable bonds is 7. The number of aliphatic carboxylic acids is 1. The molecule has 9 heteroatoms. The minimum Gasteiger partial charge on any atom is -0.480 e. The van der Waals surface area contributed by atoms with Gasteiger partial charge in [0.1, 0.15) is 13.1 Å². The lowest BCUT2D eigenvalue weighted by Crippen LogP contribution is -2.49. The topological polar surface area (TPSA) is 81.1 Å². The van der Waals surface area contributed by atoms with Gasteiger partial charge in [-0.1, -0.05) is 6.08 Å². The highest BCUT2D eigenvalue weighted by Crippen LogP contribution is 2.17. The van der Waals surface area contributed by atoms with Crippen molar-refractivity contribution in [3.63, 3.8) is 0 Å². The van der Waals surface area contributed by atoms with Crippen LogP contribution in [-0.2, 0) is 4.79 Å². The van der Waals surface area contributed by atoms with Crippen molar-refractivity contribution in [1.29, 1.82) is 0 Å². The molecule has 0 atom stereocenters. The van der Waals surface area contributed by atoms with Gasteiger partial charge < -0.3 is 20.0 Å². The van der Waals surface area contributed by atoms with Crippen LogP contribution in [0.4, 0.5) is 18.0 Å². The Balaban J connectivity index is 4.93. The van der Waals surface area contributed by atoms with Crippen LogP contribution in [0.15, 0.2) is 12.7 Å². The second kappa shape index (κ2) is 7.62. The second-order valence-corrected chi connectivity index (χ2v) is 3.61. The molecular weight excluding hydrogens is 269 g/mol. The summed E-state index contributed by atoms with van der Waals surface area (Å²) in [5, 5.41) is 17.2. The average molecular weight is 284 g/mol. The molecule has 0 aliphatic rings. The van der Waals surface area contributed by atoms with Gasteiger partial charge in [-0.05, 0) is 0 Å². The number of carboxylic acid groups (broad SMARTS) is 1. The molecule has 19 heavy (non-hydrogen) atoms. The van der Waals surface area contributed by atoms with E-state index in [2.05, 4.69) is 6.58 Å². The summed E-state index contributed by atoms with van der Waals surface area (Å²) in [6.45, 7) is -0.165. The number of carboxylic acids is 1. The molecule has 0 aliphatic carbocycles. The zero-order valence-corrected chi connectivity index (χ0v) is 10.1. The number of amides is 2. The number of alkyl halides is 3. The monoisotopic (exact) mass is 284 g/mol. The molecule has 0 aromatic carbocycles. The predicted octanol–water partition coefficient (Wildman–Crippen LogP) is 0.536. The predicted molar refractivity (Wildman–Crippen MR) is 59.5 cm³/mol. The summed E-state index contributed by atoms with van der Waals surface area (Å²) in [4.78, 5) is 23.3. The number of carbonyl (C=O) groups is 2. The summed E-state index contributed by atoms with van der Waals surface area (Å²) in [5.74, 6) is -1.56. The summed E-state index contributed by atoms with van der Waals surface area (Å²) in [6, 6.07) is -1.12. The Morgan fingerprint density at radius 1 is 1.26 bits per heavy atom. The Bertz CT molecular complexity index is 333. The molecule has 110 valence electrons. The fourth-order valence-electron chi connectivity index (χ4n) is 1.31. The molecule has 0 aromatic heterocycles. The first-order chi connectivity index (χ1) is 8.71. The molecule has 6 nitrogen and oxygen atoms in total. The third-order valence-electron chi connectivity index (χ3n) is 1.96. The lowest BCUT2D eigenvalue weighted by molar-refractivity contribution is -0.149. The zero-order chi connectivity index (χ0) is 15.1. The molecule has 2 amide bonds. The fraction of sp³-hybridized carbons (Fsp3) is 0.600. The van der Waals surface area contributed by atoms with Crippen molar-refractivity contribution in [3.05, 3.63) is 12.7 Å². The van der Waals surface area contributed by atoms with E-state index in [1.807, 2.05) is 0 Å². The van der Waals surface area contributed by atoms with Crippen LogP contribution in [0.5, 0.6) is 0 Å². The maximum Gasteiger partial charge on any atom is 0.406 e. The van der Waals surface area contributed by atoms with Crippen molar-refractivity contribution < 1.29 is 33.0 Å². The van der Waals surface area contributed by atoms with Crippen LogP contribution in [0.25, 0.3) is 0 Å². The van der Waals surface area contributed by atoms with E-state index < -0.39 is 37.9 Å². The molecule has 0 radical (unpaired) electrons. The Morgan fingerprint density at radius 3 is 2.21 bits per heavy atom. The van der Waals surface area contributed by atoms with E-state index in [4.69, 9.17) is 10.2 Å². The van der Waals surface area contributed by atoms with Crippen LogP contribution < -0.4 is 0 Å². The smallest absolute Gasteiger partial charge is 0.406 e. The zero-order valence-electron chi connectivity index (χ0n) is 10.1. The van der Waals surface area contributed by atoms with Gasteiger partial charge in [-0.25, -0.2) is 4.79 Å². The third kappa shape index (κ3) is 7.29. The molecule has 0 saturated heterocycles. The summed E-state index contributed by atoms with van der Waals surface area (Å²) in [7, 11) is 0. The van der Waals surface area contributed by atoms with Crippen LogP contribution in [0.2, 0.25) is 0 Å². The van der Waals surface area contributed by atoms with Crippen molar-refractivity contribution in [2.24, 2.45) is 0 Å². The molecule has 0 bridgehead atoms. The Morgan fingerprint density at radius 2 is 1.84 bits per heavy atom. The third-order valence-corrected chi connectivity index (χ3v) is 1.96. The van der Waals surface area contributed by atoms with Gasteiger partial charge in [0, 0.05) is 13.1 Å². The maximum atomic E-state index is 12.3. The first kappa shape index (κ1) is 17.2. The van der Waals surface area contributed by atoms with Crippen molar-refractivity contribution in [3.8, 4) is 0 Å². The highest BCUT2D eigenvalue weighted by atomic mass is 19.4. The normalized spacial score (nSPS) is 10.9. The highest BCUT2D eigenvalue weighted by molar-refractivity contribution is 5.80. The lowest BCUT2D eigenvalue weighted by atomic mass is 10.4. The number of nitrogens with zero attached hydrogens (tertiary/aromatic N) is 2. The van der Waals surface area contributed by atoms with E-state index in [9.17, 15) is 22.8 Å². The quantitative estimate of drug-likeness (QED) is 0.668. The van der Waals surface area contributed by atoms with E-state index in [0.29, 0.717) is 0 Å². The summed E-state index contributed by atoms with van der Waals surface area (Å²) in [6.07, 6.45) is -3.44. The molecule has 0 aromatic rings. The standard InChI is InChI=1S/C10H15F3N2O4/c1-2-3-14(4-5-16)9(19)15(6-8(17)18)7-10(11,12)13/h2,16H,1,3-7H2,(H,17,18). The number of aliphatic hydroxyl groups excluding tert-OH is 1. The van der Waals surface area contributed by atoms with E-state index in [1.54, 1.807) is 0 Å². The van der Waals surface area contributed by atoms with Crippen molar-refractivity contribution in [2.75, 3.05) is 32.8 Å². The van der Waals surface area contributed by atoms with Crippen LogP contribution in [0.3, 0.4) is 0 Å². The van der Waals surface area contributed by atoms with Gasteiger partial charge in [0.05, 0.1) is 6.61 Å². The van der Waals surface area contributed by atoms with Crippen molar-refractivity contribution in [1.82, 2.24) is 9.80 Å². The molecule has 2 N–H and O–H groups in total. The van der Waals surface area contributed by atoms with Gasteiger partial charge in [0.15, 0.2) is 0 Å². The molecule has 0 aliphatic heterocycles. The first-order valence-electron chi connectivity index (χ1n) is 5.25. The molecular formula is C10H15F3N2O4. The molecule has 0 spiro atoms. The SMILES string of the molecule is C=CCN(CCO)C(=O)N(CC(=O)O)CC(F)(F)F. The number of halogens is 3. The largest absolute Gasteiger partial charge is 0.480 e. The van der Waals surface area contributed by atoms with Gasteiger partial charge in [0.25, 0.3) is 0 Å². The van der Waals surface area contributed by atoms with Crippen LogP contribution in [0.1, 0.15) is 0 Å². The Hall–Kier alpha value is -1.77. The second-order valence-electron chi connectivity index (χ2n) is 3.61. The number of urea groups is 1. The highest BCUT2D eigenvalue weighted by Gasteiger charge is 2.35. The van der Waals surface area contributed by atoms with E-state index in [0.717, 1.165) is 4.90 Å². The van der Waals surface area contributed by atoms with Gasteiger partial charge in [-0.2, -0.15) is 13.2 Å². The van der Waals surface area contributed by atoms with E-state index in [-0.39, 0.29) is 18.0 Å². The van der Waals surface area contributed by atoms with Crippen LogP contribution in [-0.4, -0.2) is 71.0 Å². The molecule has 0 rings (SSSR count). The Labute approximate surface area is 107 Å². The van der Waals surface area contributed by atoms with Gasteiger partial charge in [-0.3, -0.25) is 4.79 Å². The number of carbonyl (C=O) groups excluding carboxylic acids is 1. The Kier molecular flexibility index (Phi) is 6.91. The summed E-state index contributed by atoms with van der Waals surface area (Å²) in [5.41, 5.74) is 0. The number of hydrogen-bond donors (Lipinski definition) is 2. The van der Waals surface area contributed by atoms with E-state index >= 15 is 0 Å². The lowest BCUT2D eigenvalue weighted by Gasteiger charge is -2.29. The minimum atomic E-state index is -4.70. The molecule has 0 fully saturated rings. The van der Waals surface area contributed by atoms with Gasteiger partial charge in [0.2, 0.25) is 0 Å². The van der Waals surface area contributed by atoms with Crippen LogP contribution in [0, 0.1) is 0 Å². The number of aliphatic hydroxyl groups is 1. The summed E-state index contributed by atoms with van der Waals surface area (Å²) >= 11 is 0. The molecule has 0 unspecified atom stereocenters. The van der Waals surface area contributed by atoms with Gasteiger partial charge >= 0.3 is 18.2 Å². The number of hydrogen-bond acceptors (Lipinski definition) is 3. The maximum absolute atomic E-state index is 12.3. The van der Waals surface area contributed by atoms with E-state index in [1.165, 1.54) is 6.08 Å². The minimum absolute atomic E-state index is 0.0899. The molecule has 0 saturated carbocycles. The average Bonchev–Trinajstić information content (AvgIpc) is 2.24. The van der Waals surface area contributed by atoms with Gasteiger partial charge in [-0.15, -0.1) is 6.58 Å². The van der Waals surface area contributed by atoms with Crippen molar-refractivity contribution in [2.45, 2.75) is 6.18 Å². The summed E-state index contributed by atoms with van der Waals surface area (Å²) < 4.78 is 36.8. The van der Waals surface area contributed by atoms with Crippen molar-refractivity contribution >= 4 is 12.0 Å². The molecule has 0 heterocycles.